The molecule has 1 unspecified atom stereocenters. The van der Waals surface area contributed by atoms with Crippen molar-refractivity contribution in [1.29, 1.82) is 0 Å². The third-order valence-electron chi connectivity index (χ3n) is 2.74. The number of hydrogen-bond acceptors (Lipinski definition) is 4. The lowest BCUT2D eigenvalue weighted by Crippen LogP contribution is -2.34. The summed E-state index contributed by atoms with van der Waals surface area (Å²) in [6, 6.07) is 5.87. The van der Waals surface area contributed by atoms with Crippen LogP contribution in [0.3, 0.4) is 0 Å². The third kappa shape index (κ3) is 3.76. The number of nitrogens with one attached hydrogen (secondary N) is 2. The zero-order valence-corrected chi connectivity index (χ0v) is 11.4. The molecule has 1 heterocycles. The van der Waals surface area contributed by atoms with E-state index in [0.29, 0.717) is 25.3 Å². The summed E-state index contributed by atoms with van der Waals surface area (Å²) in [4.78, 5) is 11.0. The Morgan fingerprint density at radius 2 is 2.00 bits per heavy atom. The molecule has 0 radical (unpaired) electrons. The summed E-state index contributed by atoms with van der Waals surface area (Å²) in [5.74, 6) is -0.197. The number of sulfonamides is 1. The molecule has 0 bridgehead atoms. The minimum Gasteiger partial charge on any atom is -0.380 e. The van der Waals surface area contributed by atoms with Crippen LogP contribution in [-0.4, -0.2) is 33.6 Å². The van der Waals surface area contributed by atoms with Crippen molar-refractivity contribution in [3.8, 4) is 0 Å². The van der Waals surface area contributed by atoms with Gasteiger partial charge in [-0.2, -0.15) is 0 Å². The van der Waals surface area contributed by atoms with Crippen molar-refractivity contribution in [2.75, 3.05) is 18.5 Å². The van der Waals surface area contributed by atoms with E-state index in [0.717, 1.165) is 0 Å². The second-order valence-corrected chi connectivity index (χ2v) is 6.10. The highest BCUT2D eigenvalue weighted by atomic mass is 32.2. The second kappa shape index (κ2) is 5.68. The van der Waals surface area contributed by atoms with Crippen LogP contribution in [0.25, 0.3) is 0 Å². The molecular weight excluding hydrogens is 268 g/mol. The van der Waals surface area contributed by atoms with E-state index >= 15 is 0 Å². The van der Waals surface area contributed by atoms with Crippen LogP contribution in [0.2, 0.25) is 0 Å². The van der Waals surface area contributed by atoms with Crippen LogP contribution in [0.4, 0.5) is 5.69 Å². The number of ether oxygens (including phenoxy) is 1. The zero-order chi connectivity index (χ0) is 13.9. The molecule has 0 aromatic heterocycles. The number of rotatable bonds is 4. The highest BCUT2D eigenvalue weighted by Gasteiger charge is 2.23. The maximum Gasteiger partial charge on any atom is 0.240 e. The zero-order valence-electron chi connectivity index (χ0n) is 10.5. The molecule has 1 fully saturated rings. The number of hydrogen-bond donors (Lipinski definition) is 2. The molecule has 0 aliphatic carbocycles. The topological polar surface area (TPSA) is 84.5 Å². The lowest BCUT2D eigenvalue weighted by molar-refractivity contribution is -0.114. The summed E-state index contributed by atoms with van der Waals surface area (Å²) < 4.78 is 31.9. The van der Waals surface area contributed by atoms with Crippen LogP contribution >= 0.6 is 0 Å². The molecule has 7 heteroatoms. The van der Waals surface area contributed by atoms with Crippen molar-refractivity contribution < 1.29 is 17.9 Å². The summed E-state index contributed by atoms with van der Waals surface area (Å²) in [6.07, 6.45) is 0.684. The van der Waals surface area contributed by atoms with Crippen LogP contribution < -0.4 is 10.0 Å². The molecule has 104 valence electrons. The lowest BCUT2D eigenvalue weighted by atomic mass is 10.3. The van der Waals surface area contributed by atoms with E-state index in [1.165, 1.54) is 19.1 Å². The summed E-state index contributed by atoms with van der Waals surface area (Å²) in [5, 5.41) is 2.58. The number of benzene rings is 1. The van der Waals surface area contributed by atoms with Crippen molar-refractivity contribution in [2.24, 2.45) is 0 Å². The smallest absolute Gasteiger partial charge is 0.240 e. The van der Waals surface area contributed by atoms with E-state index in [2.05, 4.69) is 10.0 Å². The van der Waals surface area contributed by atoms with Gasteiger partial charge in [0.05, 0.1) is 11.5 Å². The first-order valence-corrected chi connectivity index (χ1v) is 7.43. The Labute approximate surface area is 112 Å². The van der Waals surface area contributed by atoms with Crippen molar-refractivity contribution in [3.05, 3.63) is 24.3 Å². The van der Waals surface area contributed by atoms with Crippen LogP contribution in [0, 0.1) is 0 Å². The van der Waals surface area contributed by atoms with Crippen molar-refractivity contribution in [2.45, 2.75) is 24.3 Å². The average Bonchev–Trinajstić information content (AvgIpc) is 2.81. The normalized spacial score (nSPS) is 19.3. The van der Waals surface area contributed by atoms with Gasteiger partial charge in [-0.15, -0.1) is 0 Å². The van der Waals surface area contributed by atoms with Crippen LogP contribution in [0.1, 0.15) is 13.3 Å². The van der Waals surface area contributed by atoms with E-state index in [9.17, 15) is 13.2 Å². The fourth-order valence-electron chi connectivity index (χ4n) is 1.84. The van der Waals surface area contributed by atoms with Crippen molar-refractivity contribution in [3.63, 3.8) is 0 Å². The minimum absolute atomic E-state index is 0.167. The Balaban J connectivity index is 2.09. The quantitative estimate of drug-likeness (QED) is 0.853. The largest absolute Gasteiger partial charge is 0.380 e. The van der Waals surface area contributed by atoms with Gasteiger partial charge in [-0.1, -0.05) is 0 Å². The Hall–Kier alpha value is -1.44. The molecule has 2 rings (SSSR count). The number of carbonyl (C=O) groups is 1. The molecule has 0 spiro atoms. The van der Waals surface area contributed by atoms with Gasteiger partial charge in [0, 0.05) is 25.3 Å². The van der Waals surface area contributed by atoms with Gasteiger partial charge in [-0.25, -0.2) is 13.1 Å². The van der Waals surface area contributed by atoms with Gasteiger partial charge in [-0.05, 0) is 30.7 Å². The number of anilines is 1. The third-order valence-corrected chi connectivity index (χ3v) is 4.27. The van der Waals surface area contributed by atoms with Gasteiger partial charge in [0.15, 0.2) is 0 Å². The SMILES string of the molecule is CC(=O)Nc1ccc(S(=O)(=O)NC2CCOC2)cc1. The summed E-state index contributed by atoms with van der Waals surface area (Å²) in [6.45, 7) is 2.38. The van der Waals surface area contributed by atoms with E-state index in [4.69, 9.17) is 4.74 Å². The van der Waals surface area contributed by atoms with E-state index in [-0.39, 0.29) is 16.8 Å². The van der Waals surface area contributed by atoms with Crippen molar-refractivity contribution >= 4 is 21.6 Å². The first-order valence-electron chi connectivity index (χ1n) is 5.95. The highest BCUT2D eigenvalue weighted by Crippen LogP contribution is 2.15. The molecule has 0 saturated carbocycles. The minimum atomic E-state index is -3.53. The van der Waals surface area contributed by atoms with Crippen LogP contribution in [-0.2, 0) is 19.6 Å². The molecule has 19 heavy (non-hydrogen) atoms. The molecule has 1 aromatic carbocycles. The van der Waals surface area contributed by atoms with Crippen LogP contribution in [0.5, 0.6) is 0 Å². The van der Waals surface area contributed by atoms with Crippen molar-refractivity contribution in [1.82, 2.24) is 4.72 Å². The lowest BCUT2D eigenvalue weighted by Gasteiger charge is -2.11. The summed E-state index contributed by atoms with van der Waals surface area (Å²) in [7, 11) is -3.53. The predicted octanol–water partition coefficient (Wildman–Crippen LogP) is 0.712. The predicted molar refractivity (Wildman–Crippen MR) is 70.3 cm³/mol. The molecule has 1 amide bonds. The molecule has 1 aliphatic heterocycles. The van der Waals surface area contributed by atoms with Gasteiger partial charge >= 0.3 is 0 Å². The van der Waals surface area contributed by atoms with E-state index in [1.807, 2.05) is 0 Å². The van der Waals surface area contributed by atoms with E-state index < -0.39 is 10.0 Å². The fraction of sp³-hybridized carbons (Fsp3) is 0.417. The molecule has 1 saturated heterocycles. The molecule has 1 aliphatic rings. The van der Waals surface area contributed by atoms with Gasteiger partial charge in [0.1, 0.15) is 0 Å². The summed E-state index contributed by atoms with van der Waals surface area (Å²) in [5.41, 5.74) is 0.565. The Morgan fingerprint density at radius 3 is 2.53 bits per heavy atom. The summed E-state index contributed by atoms with van der Waals surface area (Å²) >= 11 is 0. The maximum absolute atomic E-state index is 12.1. The maximum atomic E-state index is 12.1. The van der Waals surface area contributed by atoms with E-state index in [1.54, 1.807) is 12.1 Å². The van der Waals surface area contributed by atoms with Gasteiger partial charge in [0.25, 0.3) is 0 Å². The fourth-order valence-corrected chi connectivity index (χ4v) is 3.09. The second-order valence-electron chi connectivity index (χ2n) is 4.39. The average molecular weight is 284 g/mol. The molecular formula is C12H16N2O4S. The molecule has 1 aromatic rings. The standard InChI is InChI=1S/C12H16N2O4S/c1-9(15)13-10-2-4-12(5-3-10)19(16,17)14-11-6-7-18-8-11/h2-5,11,14H,6-8H2,1H3,(H,13,15). The van der Waals surface area contributed by atoms with Crippen LogP contribution in [0.15, 0.2) is 29.2 Å². The first-order chi connectivity index (χ1) is 8.97. The highest BCUT2D eigenvalue weighted by molar-refractivity contribution is 7.89. The number of amides is 1. The number of carbonyl (C=O) groups excluding carboxylic acids is 1. The van der Waals surface area contributed by atoms with Gasteiger partial charge < -0.3 is 10.1 Å². The first kappa shape index (κ1) is 14.0. The Morgan fingerprint density at radius 1 is 1.32 bits per heavy atom. The molecule has 2 N–H and O–H groups in total. The monoisotopic (exact) mass is 284 g/mol. The Bertz CT molecular complexity index is 548. The Kier molecular flexibility index (Phi) is 4.18. The molecule has 6 nitrogen and oxygen atoms in total. The molecule has 1 atom stereocenters. The van der Waals surface area contributed by atoms with Gasteiger partial charge in [-0.3, -0.25) is 4.79 Å². The van der Waals surface area contributed by atoms with Gasteiger partial charge in [0.2, 0.25) is 15.9 Å².